The number of piperidine rings is 1. The summed E-state index contributed by atoms with van der Waals surface area (Å²) in [5.74, 6) is 2.36. The fourth-order valence-corrected chi connectivity index (χ4v) is 3.87. The van der Waals surface area contributed by atoms with Crippen molar-refractivity contribution in [3.8, 4) is 5.75 Å². The van der Waals surface area contributed by atoms with Gasteiger partial charge in [-0.2, -0.15) is 0 Å². The van der Waals surface area contributed by atoms with E-state index in [2.05, 4.69) is 51.7 Å². The molecule has 3 atom stereocenters. The number of ether oxygens (including phenoxy) is 1. The summed E-state index contributed by atoms with van der Waals surface area (Å²) in [6.07, 6.45) is 0.864. The molecule has 3 nitrogen and oxygen atoms in total. The SMILES string of the molecule is Cc1cc(C)c(OC[C@H](O)CN2C[C@H](C)C[C@@H](C)C2)c(C)c1. The highest BCUT2D eigenvalue weighted by atomic mass is 16.5. The first-order valence-electron chi connectivity index (χ1n) is 8.46. The summed E-state index contributed by atoms with van der Waals surface area (Å²) in [4.78, 5) is 2.38. The lowest BCUT2D eigenvalue weighted by molar-refractivity contribution is 0.0426. The molecular weight excluding hydrogens is 274 g/mol. The van der Waals surface area contributed by atoms with Gasteiger partial charge in [0.1, 0.15) is 18.5 Å². The lowest BCUT2D eigenvalue weighted by Crippen LogP contribution is -2.44. The van der Waals surface area contributed by atoms with Gasteiger partial charge in [-0.15, -0.1) is 0 Å². The topological polar surface area (TPSA) is 32.7 Å². The number of hydrogen-bond acceptors (Lipinski definition) is 3. The number of hydrogen-bond donors (Lipinski definition) is 1. The molecule has 0 radical (unpaired) electrons. The number of benzene rings is 1. The van der Waals surface area contributed by atoms with Crippen molar-refractivity contribution in [2.24, 2.45) is 11.8 Å². The number of likely N-dealkylation sites (tertiary alicyclic amines) is 1. The maximum absolute atomic E-state index is 10.3. The molecule has 3 heteroatoms. The van der Waals surface area contributed by atoms with Gasteiger partial charge in [0.05, 0.1) is 0 Å². The molecule has 0 saturated carbocycles. The normalized spacial score (nSPS) is 24.3. The van der Waals surface area contributed by atoms with Crippen molar-refractivity contribution in [3.63, 3.8) is 0 Å². The highest BCUT2D eigenvalue weighted by Gasteiger charge is 2.23. The third-order valence-electron chi connectivity index (χ3n) is 4.44. The molecule has 1 heterocycles. The van der Waals surface area contributed by atoms with Crippen LogP contribution in [0.4, 0.5) is 0 Å². The van der Waals surface area contributed by atoms with Crippen LogP contribution >= 0.6 is 0 Å². The quantitative estimate of drug-likeness (QED) is 0.906. The van der Waals surface area contributed by atoms with Crippen LogP contribution < -0.4 is 4.74 Å². The van der Waals surface area contributed by atoms with Gasteiger partial charge in [0, 0.05) is 19.6 Å². The van der Waals surface area contributed by atoms with Crippen LogP contribution in [0.5, 0.6) is 5.75 Å². The Morgan fingerprint density at radius 3 is 2.23 bits per heavy atom. The summed E-state index contributed by atoms with van der Waals surface area (Å²) >= 11 is 0. The minimum absolute atomic E-state index is 0.365. The first-order chi connectivity index (χ1) is 10.3. The zero-order valence-corrected chi connectivity index (χ0v) is 14.7. The van der Waals surface area contributed by atoms with E-state index in [-0.39, 0.29) is 0 Å². The average molecular weight is 305 g/mol. The largest absolute Gasteiger partial charge is 0.490 e. The van der Waals surface area contributed by atoms with Crippen molar-refractivity contribution in [1.82, 2.24) is 4.90 Å². The van der Waals surface area contributed by atoms with Crippen LogP contribution in [0.25, 0.3) is 0 Å². The predicted octanol–water partition coefficient (Wildman–Crippen LogP) is 3.33. The molecule has 0 aliphatic carbocycles. The van der Waals surface area contributed by atoms with E-state index in [0.29, 0.717) is 13.2 Å². The van der Waals surface area contributed by atoms with Gasteiger partial charge in [0.25, 0.3) is 0 Å². The van der Waals surface area contributed by atoms with Crippen LogP contribution in [0, 0.1) is 32.6 Å². The molecule has 1 fully saturated rings. The van der Waals surface area contributed by atoms with E-state index < -0.39 is 6.10 Å². The van der Waals surface area contributed by atoms with E-state index in [1.165, 1.54) is 12.0 Å². The number of aliphatic hydroxyl groups excluding tert-OH is 1. The second-order valence-corrected chi connectivity index (χ2v) is 7.36. The van der Waals surface area contributed by atoms with Gasteiger partial charge in [0.15, 0.2) is 0 Å². The van der Waals surface area contributed by atoms with Crippen molar-refractivity contribution < 1.29 is 9.84 Å². The van der Waals surface area contributed by atoms with Gasteiger partial charge in [-0.1, -0.05) is 31.5 Å². The van der Waals surface area contributed by atoms with E-state index in [9.17, 15) is 5.11 Å². The van der Waals surface area contributed by atoms with Crippen molar-refractivity contribution >= 4 is 0 Å². The highest BCUT2D eigenvalue weighted by Crippen LogP contribution is 2.25. The molecule has 0 aromatic heterocycles. The number of rotatable bonds is 5. The number of aryl methyl sites for hydroxylation is 3. The number of aliphatic hydroxyl groups is 1. The van der Waals surface area contributed by atoms with Gasteiger partial charge in [-0.05, 0) is 50.2 Å². The second-order valence-electron chi connectivity index (χ2n) is 7.36. The van der Waals surface area contributed by atoms with E-state index in [1.807, 2.05) is 0 Å². The molecule has 2 rings (SSSR count). The lowest BCUT2D eigenvalue weighted by Gasteiger charge is -2.36. The standard InChI is InChI=1S/C19H31NO2/c1-13-7-16(4)19(17(5)8-13)22-12-18(21)11-20-9-14(2)6-15(3)10-20/h7-8,14-15,18,21H,6,9-12H2,1-5H3/t14-,15-,18-/m1/s1. The summed E-state index contributed by atoms with van der Waals surface area (Å²) in [6.45, 7) is 14.1. The zero-order valence-electron chi connectivity index (χ0n) is 14.7. The molecule has 1 aliphatic rings. The summed E-state index contributed by atoms with van der Waals surface area (Å²) < 4.78 is 5.90. The Morgan fingerprint density at radius 1 is 1.14 bits per heavy atom. The summed E-state index contributed by atoms with van der Waals surface area (Å²) in [6, 6.07) is 4.26. The monoisotopic (exact) mass is 305 g/mol. The van der Waals surface area contributed by atoms with Gasteiger partial charge in [-0.3, -0.25) is 0 Å². The Bertz CT molecular complexity index is 467. The summed E-state index contributed by atoms with van der Waals surface area (Å²) in [5, 5.41) is 10.3. The maximum atomic E-state index is 10.3. The van der Waals surface area contributed by atoms with Gasteiger partial charge < -0.3 is 14.7 Å². The van der Waals surface area contributed by atoms with Gasteiger partial charge >= 0.3 is 0 Å². The first-order valence-corrected chi connectivity index (χ1v) is 8.46. The lowest BCUT2D eigenvalue weighted by atomic mass is 9.92. The third kappa shape index (κ3) is 4.72. The van der Waals surface area contributed by atoms with E-state index >= 15 is 0 Å². The Kier molecular flexibility index (Phi) is 5.87. The van der Waals surface area contributed by atoms with Crippen LogP contribution in [-0.2, 0) is 0 Å². The molecule has 1 saturated heterocycles. The maximum Gasteiger partial charge on any atom is 0.125 e. The molecule has 0 unspecified atom stereocenters. The highest BCUT2D eigenvalue weighted by molar-refractivity contribution is 5.42. The molecule has 1 aromatic rings. The Morgan fingerprint density at radius 2 is 1.68 bits per heavy atom. The van der Waals surface area contributed by atoms with Gasteiger partial charge in [0.2, 0.25) is 0 Å². The zero-order chi connectivity index (χ0) is 16.3. The molecule has 22 heavy (non-hydrogen) atoms. The molecule has 124 valence electrons. The molecule has 1 aliphatic heterocycles. The number of β-amino-alcohol motifs (C(OH)–C–C–N with tert-alkyl or cyclic N) is 1. The van der Waals surface area contributed by atoms with Gasteiger partial charge in [-0.25, -0.2) is 0 Å². The van der Waals surface area contributed by atoms with Crippen LogP contribution in [-0.4, -0.2) is 42.4 Å². The van der Waals surface area contributed by atoms with Crippen LogP contribution in [0.3, 0.4) is 0 Å². The van der Waals surface area contributed by atoms with E-state index in [0.717, 1.165) is 41.8 Å². The first kappa shape index (κ1) is 17.3. The predicted molar refractivity (Wildman–Crippen MR) is 91.5 cm³/mol. The summed E-state index contributed by atoms with van der Waals surface area (Å²) in [7, 11) is 0. The van der Waals surface area contributed by atoms with Crippen molar-refractivity contribution in [3.05, 3.63) is 28.8 Å². The molecule has 1 aromatic carbocycles. The molecular formula is C19H31NO2. The fourth-order valence-electron chi connectivity index (χ4n) is 3.87. The van der Waals surface area contributed by atoms with Crippen LogP contribution in [0.1, 0.15) is 37.0 Å². The van der Waals surface area contributed by atoms with Crippen molar-refractivity contribution in [2.75, 3.05) is 26.2 Å². The summed E-state index contributed by atoms with van der Waals surface area (Å²) in [5.41, 5.74) is 3.54. The van der Waals surface area contributed by atoms with Crippen molar-refractivity contribution in [1.29, 1.82) is 0 Å². The van der Waals surface area contributed by atoms with E-state index in [4.69, 9.17) is 4.74 Å². The Balaban J connectivity index is 1.86. The Hall–Kier alpha value is -1.06. The molecule has 0 amide bonds. The number of nitrogens with zero attached hydrogens (tertiary/aromatic N) is 1. The van der Waals surface area contributed by atoms with E-state index in [1.54, 1.807) is 0 Å². The van der Waals surface area contributed by atoms with Crippen molar-refractivity contribution in [2.45, 2.75) is 47.1 Å². The molecule has 1 N–H and O–H groups in total. The molecule has 0 bridgehead atoms. The molecule has 0 spiro atoms. The smallest absolute Gasteiger partial charge is 0.125 e. The third-order valence-corrected chi connectivity index (χ3v) is 4.44. The fraction of sp³-hybridized carbons (Fsp3) is 0.684. The minimum Gasteiger partial charge on any atom is -0.490 e. The Labute approximate surface area is 135 Å². The van der Waals surface area contributed by atoms with Crippen LogP contribution in [0.15, 0.2) is 12.1 Å². The average Bonchev–Trinajstić information content (AvgIpc) is 2.35. The van der Waals surface area contributed by atoms with Crippen LogP contribution in [0.2, 0.25) is 0 Å². The second kappa shape index (κ2) is 7.47. The minimum atomic E-state index is -0.433.